The molecule has 1 saturated carbocycles. The van der Waals surface area contributed by atoms with E-state index in [0.717, 1.165) is 18.4 Å². The average molecular weight is 596 g/mol. The maximum atomic E-state index is 11.8. The molecule has 43 heavy (non-hydrogen) atoms. The fraction of sp³-hybridized carbons (Fsp3) is 0.471. The molecule has 0 aromatic heterocycles. The quantitative estimate of drug-likeness (QED) is 0.208. The van der Waals surface area contributed by atoms with E-state index >= 15 is 0 Å². The van der Waals surface area contributed by atoms with Gasteiger partial charge in [-0.1, -0.05) is 69.3 Å². The first kappa shape index (κ1) is 38.9. The number of likely N-dealkylation sites (N-methyl/N-ethyl adjacent to an activating group) is 3. The summed E-state index contributed by atoms with van der Waals surface area (Å²) < 4.78 is 0. The molecule has 9 nitrogen and oxygen atoms in total. The number of carbonyl (C=O) groups excluding carboxylic acids is 6. The van der Waals surface area contributed by atoms with Gasteiger partial charge in [0.25, 0.3) is 17.7 Å². The molecule has 0 radical (unpaired) electrons. The van der Waals surface area contributed by atoms with Crippen LogP contribution in [0.4, 0.5) is 0 Å². The molecule has 236 valence electrons. The number of hydrogen-bond acceptors (Lipinski definition) is 6. The number of benzene rings is 1. The Morgan fingerprint density at radius 2 is 1.09 bits per heavy atom. The van der Waals surface area contributed by atoms with Gasteiger partial charge in [0.05, 0.1) is 16.7 Å². The minimum absolute atomic E-state index is 0.0263. The molecule has 0 aliphatic heterocycles. The predicted molar refractivity (Wildman–Crippen MR) is 170 cm³/mol. The zero-order valence-corrected chi connectivity index (χ0v) is 27.0. The summed E-state index contributed by atoms with van der Waals surface area (Å²) in [5.74, 6) is -1.57. The number of ketones is 3. The van der Waals surface area contributed by atoms with Crippen molar-refractivity contribution < 1.29 is 28.8 Å². The summed E-state index contributed by atoms with van der Waals surface area (Å²) >= 11 is 0. The first-order valence-electron chi connectivity index (χ1n) is 14.6. The molecule has 3 amide bonds. The van der Waals surface area contributed by atoms with Crippen molar-refractivity contribution in [3.63, 3.8) is 0 Å². The third-order valence-electron chi connectivity index (χ3n) is 7.15. The summed E-state index contributed by atoms with van der Waals surface area (Å²) in [6, 6.07) is 9.89. The molecule has 0 heterocycles. The van der Waals surface area contributed by atoms with Crippen LogP contribution in [0.3, 0.4) is 0 Å². The summed E-state index contributed by atoms with van der Waals surface area (Å²) in [4.78, 5) is 72.4. The van der Waals surface area contributed by atoms with Crippen molar-refractivity contribution in [3.8, 4) is 0 Å². The van der Waals surface area contributed by atoms with E-state index < -0.39 is 0 Å². The fourth-order valence-electron chi connectivity index (χ4n) is 4.16. The molecule has 0 N–H and O–H groups in total. The molecule has 1 aliphatic rings. The second-order valence-electron chi connectivity index (χ2n) is 10.4. The van der Waals surface area contributed by atoms with Crippen LogP contribution in [0.5, 0.6) is 0 Å². The number of amides is 3. The van der Waals surface area contributed by atoms with Crippen LogP contribution in [0.25, 0.3) is 0 Å². The van der Waals surface area contributed by atoms with E-state index in [0.29, 0.717) is 25.7 Å². The third kappa shape index (κ3) is 13.6. The topological polar surface area (TPSA) is 112 Å². The van der Waals surface area contributed by atoms with Crippen LogP contribution in [-0.4, -0.2) is 83.0 Å². The third-order valence-corrected chi connectivity index (χ3v) is 7.15. The molecule has 0 atom stereocenters. The molecule has 0 saturated heterocycles. The molecule has 1 fully saturated rings. The lowest BCUT2D eigenvalue weighted by molar-refractivity contribution is -0.131. The molecule has 1 aliphatic carbocycles. The Morgan fingerprint density at radius 3 is 1.51 bits per heavy atom. The highest BCUT2D eigenvalue weighted by atomic mass is 16.2. The standard InChI is InChI=1S/C13H15NO2.C12H19NO2.C9H15NO2/c1-10(11(2)15)13(16)14(3)9-12-7-5-4-6-8-12;1-9(10(2)14)12(15)13(3)11-7-5-4-6-8-11;1-5-10(6-2)9(12)7(3)8(4)11/h4-8H,1,9H2,2-3H3;11H,1,4-8H2,2-3H3;3,5-6H2,1-2,4H3. The van der Waals surface area contributed by atoms with E-state index in [2.05, 4.69) is 19.7 Å². The molecule has 9 heteroatoms. The van der Waals surface area contributed by atoms with Crippen LogP contribution in [0.1, 0.15) is 72.3 Å². The van der Waals surface area contributed by atoms with E-state index in [1.54, 1.807) is 23.9 Å². The van der Waals surface area contributed by atoms with Crippen molar-refractivity contribution in [1.29, 1.82) is 0 Å². The van der Waals surface area contributed by atoms with Gasteiger partial charge in [-0.2, -0.15) is 0 Å². The van der Waals surface area contributed by atoms with Crippen molar-refractivity contribution >= 4 is 35.1 Å². The molecular weight excluding hydrogens is 546 g/mol. The molecule has 0 spiro atoms. The number of nitrogens with zero attached hydrogens (tertiary/aromatic N) is 3. The maximum Gasteiger partial charge on any atom is 0.256 e. The van der Waals surface area contributed by atoms with Crippen LogP contribution in [0.2, 0.25) is 0 Å². The van der Waals surface area contributed by atoms with Gasteiger partial charge in [-0.25, -0.2) is 0 Å². The molecular formula is C34H49N3O6. The van der Waals surface area contributed by atoms with E-state index in [9.17, 15) is 28.8 Å². The monoisotopic (exact) mass is 595 g/mol. The lowest BCUT2D eigenvalue weighted by Gasteiger charge is -2.31. The van der Waals surface area contributed by atoms with Gasteiger partial charge < -0.3 is 14.7 Å². The Kier molecular flexibility index (Phi) is 18.0. The summed E-state index contributed by atoms with van der Waals surface area (Å²) in [5.41, 5.74) is 1.22. The zero-order chi connectivity index (χ0) is 33.3. The minimum atomic E-state index is -0.323. The van der Waals surface area contributed by atoms with Gasteiger partial charge in [-0.3, -0.25) is 28.8 Å². The Morgan fingerprint density at radius 1 is 0.674 bits per heavy atom. The summed E-state index contributed by atoms with van der Waals surface area (Å²) in [6.07, 6.45) is 5.71. The number of hydrogen-bond donors (Lipinski definition) is 0. The van der Waals surface area contributed by atoms with E-state index in [4.69, 9.17) is 0 Å². The van der Waals surface area contributed by atoms with Gasteiger partial charge in [-0.15, -0.1) is 0 Å². The largest absolute Gasteiger partial charge is 0.339 e. The zero-order valence-electron chi connectivity index (χ0n) is 27.0. The minimum Gasteiger partial charge on any atom is -0.339 e. The maximum absolute atomic E-state index is 11.8. The van der Waals surface area contributed by atoms with Gasteiger partial charge in [0.1, 0.15) is 0 Å². The van der Waals surface area contributed by atoms with Crippen molar-refractivity contribution in [3.05, 3.63) is 72.4 Å². The van der Waals surface area contributed by atoms with Crippen LogP contribution >= 0.6 is 0 Å². The number of rotatable bonds is 11. The highest BCUT2D eigenvalue weighted by Crippen LogP contribution is 2.22. The van der Waals surface area contributed by atoms with Gasteiger partial charge >= 0.3 is 0 Å². The van der Waals surface area contributed by atoms with E-state index in [1.165, 1.54) is 44.9 Å². The first-order valence-corrected chi connectivity index (χ1v) is 14.6. The van der Waals surface area contributed by atoms with Crippen molar-refractivity contribution in [2.75, 3.05) is 27.2 Å². The van der Waals surface area contributed by atoms with Gasteiger partial charge in [-0.05, 0) is 53.0 Å². The van der Waals surface area contributed by atoms with Crippen molar-refractivity contribution in [1.82, 2.24) is 14.7 Å². The first-order chi connectivity index (χ1) is 20.1. The lowest BCUT2D eigenvalue weighted by atomic mass is 9.94. The summed E-state index contributed by atoms with van der Waals surface area (Å²) in [7, 11) is 3.43. The number of Topliss-reactive ketones (excluding diaryl/α,β-unsaturated/α-hetero) is 3. The number of carbonyl (C=O) groups is 6. The smallest absolute Gasteiger partial charge is 0.256 e. The second kappa shape index (κ2) is 19.9. The van der Waals surface area contributed by atoms with Crippen LogP contribution in [0, 0.1) is 0 Å². The highest BCUT2D eigenvalue weighted by Gasteiger charge is 2.25. The van der Waals surface area contributed by atoms with Gasteiger partial charge in [0.15, 0.2) is 17.3 Å². The average Bonchev–Trinajstić information content (AvgIpc) is 3.00. The molecule has 0 unspecified atom stereocenters. The predicted octanol–water partition coefficient (Wildman–Crippen LogP) is 4.71. The molecule has 1 aromatic rings. The Labute approximate surface area is 257 Å². The Balaban J connectivity index is 0.000000623. The normalized spacial score (nSPS) is 12.2. The highest BCUT2D eigenvalue weighted by molar-refractivity contribution is 6.18. The molecule has 2 rings (SSSR count). The summed E-state index contributed by atoms with van der Waals surface area (Å²) in [6.45, 7) is 20.0. The van der Waals surface area contributed by atoms with Crippen LogP contribution < -0.4 is 0 Å². The Hall–Kier alpha value is -4.14. The van der Waals surface area contributed by atoms with E-state index in [1.807, 2.05) is 44.2 Å². The fourth-order valence-corrected chi connectivity index (χ4v) is 4.16. The van der Waals surface area contributed by atoms with Gasteiger partial charge in [0, 0.05) is 39.8 Å². The van der Waals surface area contributed by atoms with Crippen molar-refractivity contribution in [2.24, 2.45) is 0 Å². The van der Waals surface area contributed by atoms with E-state index in [-0.39, 0.29) is 51.8 Å². The van der Waals surface area contributed by atoms with Crippen LogP contribution in [0.15, 0.2) is 66.8 Å². The Bertz CT molecular complexity index is 1180. The summed E-state index contributed by atoms with van der Waals surface area (Å²) in [5, 5.41) is 0. The van der Waals surface area contributed by atoms with Crippen molar-refractivity contribution in [2.45, 2.75) is 79.3 Å². The second-order valence-corrected chi connectivity index (χ2v) is 10.4. The molecule has 1 aromatic carbocycles. The SMILES string of the molecule is C=C(C(C)=O)C(=O)N(C)C1CCCCC1.C=C(C(C)=O)C(=O)N(C)Cc1ccccc1.C=C(C(C)=O)C(=O)N(CC)CC. The molecule has 0 bridgehead atoms. The van der Waals surface area contributed by atoms with Crippen LogP contribution in [-0.2, 0) is 35.3 Å². The lowest BCUT2D eigenvalue weighted by Crippen LogP contribution is -2.39. The van der Waals surface area contributed by atoms with Gasteiger partial charge in [0.2, 0.25) is 0 Å².